The minimum atomic E-state index is -0.777. The molecule has 1 aliphatic heterocycles. The van der Waals surface area contributed by atoms with Crippen LogP contribution in [0.5, 0.6) is 5.75 Å². The third-order valence-corrected chi connectivity index (χ3v) is 4.43. The van der Waals surface area contributed by atoms with Crippen LogP contribution in [0.15, 0.2) is 54.6 Å². The van der Waals surface area contributed by atoms with E-state index >= 15 is 0 Å². The van der Waals surface area contributed by atoms with E-state index in [1.807, 2.05) is 30.3 Å². The predicted molar refractivity (Wildman–Crippen MR) is 101 cm³/mol. The number of para-hydroxylation sites is 1. The number of amides is 3. The fourth-order valence-electron chi connectivity index (χ4n) is 2.97. The van der Waals surface area contributed by atoms with Gasteiger partial charge >= 0.3 is 0 Å². The van der Waals surface area contributed by atoms with Crippen molar-refractivity contribution in [2.24, 2.45) is 5.92 Å². The number of nitrogens with one attached hydrogen (secondary N) is 2. The molecule has 3 rings (SSSR count). The van der Waals surface area contributed by atoms with Gasteiger partial charge in [0.2, 0.25) is 17.7 Å². The van der Waals surface area contributed by atoms with Crippen LogP contribution in [0.25, 0.3) is 0 Å². The molecule has 0 aliphatic carbocycles. The van der Waals surface area contributed by atoms with E-state index in [0.717, 1.165) is 5.69 Å². The largest absolute Gasteiger partial charge is 0.508 e. The van der Waals surface area contributed by atoms with Crippen LogP contribution in [-0.4, -0.2) is 35.4 Å². The fraction of sp³-hybridized carbons (Fsp3) is 0.250. The van der Waals surface area contributed by atoms with Gasteiger partial charge in [-0.05, 0) is 31.2 Å². The normalized spacial score (nSPS) is 17.4. The zero-order chi connectivity index (χ0) is 19.4. The Bertz CT molecular complexity index is 853. The van der Waals surface area contributed by atoms with Gasteiger partial charge in [0, 0.05) is 30.4 Å². The molecular formula is C20H21N3O4. The number of phenolic OH excluding ortho intramolecular Hbond substituents is 1. The van der Waals surface area contributed by atoms with E-state index in [-0.39, 0.29) is 30.5 Å². The van der Waals surface area contributed by atoms with Crippen LogP contribution in [0.4, 0.5) is 11.4 Å². The lowest BCUT2D eigenvalue weighted by Crippen LogP contribution is -2.44. The maximum atomic E-state index is 12.5. The topological polar surface area (TPSA) is 98.7 Å². The molecule has 0 radical (unpaired) electrons. The summed E-state index contributed by atoms with van der Waals surface area (Å²) in [6, 6.07) is 14.6. The Labute approximate surface area is 157 Å². The van der Waals surface area contributed by atoms with E-state index in [9.17, 15) is 19.5 Å². The van der Waals surface area contributed by atoms with Crippen molar-refractivity contribution in [2.45, 2.75) is 19.4 Å². The van der Waals surface area contributed by atoms with Gasteiger partial charge in [-0.1, -0.05) is 24.3 Å². The molecule has 1 heterocycles. The molecule has 3 N–H and O–H groups in total. The molecule has 140 valence electrons. The fourth-order valence-corrected chi connectivity index (χ4v) is 2.97. The number of anilines is 2. The van der Waals surface area contributed by atoms with Crippen molar-refractivity contribution in [1.82, 2.24) is 5.32 Å². The van der Waals surface area contributed by atoms with Crippen molar-refractivity contribution < 1.29 is 19.5 Å². The number of rotatable bonds is 5. The van der Waals surface area contributed by atoms with Gasteiger partial charge in [0.25, 0.3) is 0 Å². The van der Waals surface area contributed by atoms with Crippen molar-refractivity contribution in [3.8, 4) is 5.75 Å². The van der Waals surface area contributed by atoms with Gasteiger partial charge in [0.1, 0.15) is 11.8 Å². The highest BCUT2D eigenvalue weighted by Crippen LogP contribution is 2.25. The van der Waals surface area contributed by atoms with Gasteiger partial charge in [0.15, 0.2) is 0 Å². The number of aromatic hydroxyl groups is 1. The highest BCUT2D eigenvalue weighted by Gasteiger charge is 2.35. The summed E-state index contributed by atoms with van der Waals surface area (Å²) in [6.07, 6.45) is 0.113. The number of carbonyl (C=O) groups excluding carboxylic acids is 3. The molecule has 2 aromatic carbocycles. The molecule has 3 amide bonds. The van der Waals surface area contributed by atoms with Crippen LogP contribution in [0.3, 0.4) is 0 Å². The number of benzene rings is 2. The lowest BCUT2D eigenvalue weighted by molar-refractivity contribution is -0.129. The lowest BCUT2D eigenvalue weighted by atomic mass is 10.1. The minimum Gasteiger partial charge on any atom is -0.508 e. The van der Waals surface area contributed by atoms with Gasteiger partial charge in [-0.3, -0.25) is 14.4 Å². The quantitative estimate of drug-likeness (QED) is 0.751. The van der Waals surface area contributed by atoms with Crippen molar-refractivity contribution in [3.05, 3.63) is 54.6 Å². The molecule has 1 saturated heterocycles. The van der Waals surface area contributed by atoms with Crippen molar-refractivity contribution >= 4 is 29.1 Å². The van der Waals surface area contributed by atoms with Crippen LogP contribution in [0.1, 0.15) is 13.3 Å². The molecule has 0 aromatic heterocycles. The van der Waals surface area contributed by atoms with Crippen molar-refractivity contribution in [3.63, 3.8) is 0 Å². The smallest absolute Gasteiger partial charge is 0.246 e. The average Bonchev–Trinajstić information content (AvgIpc) is 3.04. The predicted octanol–water partition coefficient (Wildman–Crippen LogP) is 1.89. The van der Waals surface area contributed by atoms with Crippen LogP contribution >= 0.6 is 0 Å². The molecule has 0 spiro atoms. The van der Waals surface area contributed by atoms with Crippen LogP contribution in [0, 0.1) is 5.92 Å². The molecular weight excluding hydrogens is 346 g/mol. The molecule has 2 atom stereocenters. The first kappa shape index (κ1) is 18.4. The Balaban J connectivity index is 1.57. The van der Waals surface area contributed by atoms with Crippen LogP contribution < -0.4 is 15.5 Å². The number of hydrogen-bond acceptors (Lipinski definition) is 4. The lowest BCUT2D eigenvalue weighted by Gasteiger charge is -2.18. The standard InChI is InChI=1S/C20H21N3O4/c1-13(19(26)22-15-6-5-9-17(24)11-15)21-20(27)14-10-18(25)23(12-14)16-7-3-2-4-8-16/h2-9,11,13-14,24H,10,12H2,1H3,(H,21,27)(H,22,26)/t13-,14?/m0/s1. The summed E-state index contributed by atoms with van der Waals surface area (Å²) in [4.78, 5) is 38.5. The van der Waals surface area contributed by atoms with Crippen LogP contribution in [-0.2, 0) is 14.4 Å². The first-order valence-corrected chi connectivity index (χ1v) is 8.69. The summed E-state index contributed by atoms with van der Waals surface area (Å²) in [6.45, 7) is 1.86. The third-order valence-electron chi connectivity index (χ3n) is 4.43. The zero-order valence-corrected chi connectivity index (χ0v) is 14.9. The summed E-state index contributed by atoms with van der Waals surface area (Å²) in [5.41, 5.74) is 1.19. The van der Waals surface area contributed by atoms with Gasteiger partial charge in [-0.15, -0.1) is 0 Å². The average molecular weight is 367 g/mol. The van der Waals surface area contributed by atoms with Crippen molar-refractivity contribution in [1.29, 1.82) is 0 Å². The zero-order valence-electron chi connectivity index (χ0n) is 14.9. The number of hydrogen-bond donors (Lipinski definition) is 3. The van der Waals surface area contributed by atoms with E-state index in [0.29, 0.717) is 5.69 Å². The highest BCUT2D eigenvalue weighted by molar-refractivity contribution is 6.02. The van der Waals surface area contributed by atoms with Gasteiger partial charge < -0.3 is 20.6 Å². The Morgan fingerprint density at radius 2 is 1.89 bits per heavy atom. The van der Waals surface area contributed by atoms with Gasteiger partial charge in [-0.2, -0.15) is 0 Å². The molecule has 7 heteroatoms. The maximum absolute atomic E-state index is 12.5. The highest BCUT2D eigenvalue weighted by atomic mass is 16.3. The Morgan fingerprint density at radius 3 is 2.59 bits per heavy atom. The van der Waals surface area contributed by atoms with Crippen molar-refractivity contribution in [2.75, 3.05) is 16.8 Å². The Morgan fingerprint density at radius 1 is 1.15 bits per heavy atom. The second-order valence-electron chi connectivity index (χ2n) is 6.51. The molecule has 1 fully saturated rings. The summed E-state index contributed by atoms with van der Waals surface area (Å²) in [7, 11) is 0. The summed E-state index contributed by atoms with van der Waals surface area (Å²) in [5, 5.41) is 14.7. The number of phenols is 1. The van der Waals surface area contributed by atoms with E-state index in [4.69, 9.17) is 0 Å². The minimum absolute atomic E-state index is 0.0370. The molecule has 0 saturated carbocycles. The Kier molecular flexibility index (Phi) is 5.40. The monoisotopic (exact) mass is 367 g/mol. The SMILES string of the molecule is C[C@H](NC(=O)C1CC(=O)N(c2ccccc2)C1)C(=O)Nc1cccc(O)c1. The summed E-state index contributed by atoms with van der Waals surface area (Å²) < 4.78 is 0. The van der Waals surface area contributed by atoms with Crippen LogP contribution in [0.2, 0.25) is 0 Å². The number of carbonyl (C=O) groups is 3. The second-order valence-corrected chi connectivity index (χ2v) is 6.51. The second kappa shape index (κ2) is 7.90. The molecule has 1 unspecified atom stereocenters. The van der Waals surface area contributed by atoms with Gasteiger partial charge in [-0.25, -0.2) is 0 Å². The van der Waals surface area contributed by atoms with E-state index in [1.165, 1.54) is 12.1 Å². The molecule has 7 nitrogen and oxygen atoms in total. The maximum Gasteiger partial charge on any atom is 0.246 e. The van der Waals surface area contributed by atoms with E-state index in [2.05, 4.69) is 10.6 Å². The number of nitrogens with zero attached hydrogens (tertiary/aromatic N) is 1. The first-order valence-electron chi connectivity index (χ1n) is 8.69. The molecule has 1 aliphatic rings. The van der Waals surface area contributed by atoms with Gasteiger partial charge in [0.05, 0.1) is 5.92 Å². The molecule has 2 aromatic rings. The molecule has 27 heavy (non-hydrogen) atoms. The van der Waals surface area contributed by atoms with E-state index in [1.54, 1.807) is 24.0 Å². The Hall–Kier alpha value is -3.35. The summed E-state index contributed by atoms with van der Waals surface area (Å²) in [5.74, 6) is -1.32. The van der Waals surface area contributed by atoms with E-state index < -0.39 is 17.9 Å². The molecule has 0 bridgehead atoms. The summed E-state index contributed by atoms with van der Waals surface area (Å²) >= 11 is 0. The third kappa shape index (κ3) is 4.44. The first-order chi connectivity index (χ1) is 12.9.